The molecule has 0 amide bonds. The van der Waals surface area contributed by atoms with Crippen LogP contribution < -0.4 is 3.07 Å². The van der Waals surface area contributed by atoms with E-state index < -0.39 is 0 Å². The fraction of sp³-hybridized carbons (Fsp3) is 0.625. The van der Waals surface area contributed by atoms with Crippen molar-refractivity contribution >= 4 is 23.0 Å². The Bertz CT molecular complexity index is 419. The van der Waals surface area contributed by atoms with Gasteiger partial charge in [-0.05, 0) is 60.8 Å². The van der Waals surface area contributed by atoms with Crippen LogP contribution in [0.15, 0.2) is 12.1 Å². The lowest BCUT2D eigenvalue weighted by Gasteiger charge is -2.21. The first-order valence-electron chi connectivity index (χ1n) is 7.14. The first-order valence-corrected chi connectivity index (χ1v) is 8.02. The lowest BCUT2D eigenvalue weighted by molar-refractivity contribution is 0.317. The second-order valence-electron chi connectivity index (χ2n) is 5.48. The smallest absolute Gasteiger partial charge is 0.192 e. The van der Waals surface area contributed by atoms with Crippen LogP contribution in [0.4, 0.5) is 0 Å². The van der Waals surface area contributed by atoms with Crippen LogP contribution in [0.25, 0.3) is 0 Å². The van der Waals surface area contributed by atoms with Gasteiger partial charge in [-0.15, -0.1) is 0 Å². The van der Waals surface area contributed by atoms with Crippen LogP contribution in [0.3, 0.4) is 0 Å². The maximum atomic E-state index is 5.48. The number of benzene rings is 1. The van der Waals surface area contributed by atoms with Crippen LogP contribution in [0.1, 0.15) is 56.2 Å². The zero-order valence-corrected chi connectivity index (χ0v) is 13.8. The average Bonchev–Trinajstić information content (AvgIpc) is 3.01. The summed E-state index contributed by atoms with van der Waals surface area (Å²) < 4.78 is 5.48. The van der Waals surface area contributed by atoms with Gasteiger partial charge in [0, 0.05) is 0 Å². The molecular weight excluding hydrogens is 335 g/mol. The standard InChI is InChI=1S/C14H17IO.C2H6/c1-10-4-5-13(16-15)12-9-14(8-11(10)12)6-2-3-7-14;1-2/h4-5H,2-3,6-9H2,1H3;1-2H3. The molecule has 18 heavy (non-hydrogen) atoms. The maximum Gasteiger partial charge on any atom is 0.192 e. The number of hydrogen-bond acceptors (Lipinski definition) is 1. The van der Waals surface area contributed by atoms with Gasteiger partial charge >= 0.3 is 0 Å². The molecule has 0 atom stereocenters. The third-order valence-corrected chi connectivity index (χ3v) is 4.95. The molecule has 2 aliphatic carbocycles. The zero-order chi connectivity index (χ0) is 13.2. The van der Waals surface area contributed by atoms with Gasteiger partial charge in [-0.3, -0.25) is 0 Å². The normalized spacial score (nSPS) is 19.3. The van der Waals surface area contributed by atoms with Gasteiger partial charge in [-0.2, -0.15) is 0 Å². The summed E-state index contributed by atoms with van der Waals surface area (Å²) in [4.78, 5) is 0. The van der Waals surface area contributed by atoms with Crippen molar-refractivity contribution in [3.63, 3.8) is 0 Å². The first kappa shape index (κ1) is 14.2. The van der Waals surface area contributed by atoms with Crippen molar-refractivity contribution in [3.05, 3.63) is 28.8 Å². The van der Waals surface area contributed by atoms with Crippen molar-refractivity contribution in [2.75, 3.05) is 0 Å². The summed E-state index contributed by atoms with van der Waals surface area (Å²) in [6.45, 7) is 6.24. The molecule has 0 saturated heterocycles. The van der Waals surface area contributed by atoms with E-state index in [1.54, 1.807) is 5.56 Å². The third-order valence-electron chi connectivity index (χ3n) is 4.47. The molecule has 1 nitrogen and oxygen atoms in total. The number of fused-ring (bicyclic) bond motifs is 1. The highest BCUT2D eigenvalue weighted by Crippen LogP contribution is 2.51. The van der Waals surface area contributed by atoms with Crippen molar-refractivity contribution in [2.24, 2.45) is 5.41 Å². The summed E-state index contributed by atoms with van der Waals surface area (Å²) in [6.07, 6.45) is 8.23. The number of hydrogen-bond donors (Lipinski definition) is 0. The Hall–Kier alpha value is -0.250. The summed E-state index contributed by atoms with van der Waals surface area (Å²) in [5.74, 6) is 1.10. The SMILES string of the molecule is CC.Cc1ccc(OI)c2c1CC1(CCCC1)C2. The Balaban J connectivity index is 0.000000574. The van der Waals surface area contributed by atoms with E-state index in [9.17, 15) is 0 Å². The van der Waals surface area contributed by atoms with E-state index in [1.807, 2.05) is 36.9 Å². The van der Waals surface area contributed by atoms with Gasteiger partial charge in [0.1, 0.15) is 5.75 Å². The molecule has 1 fully saturated rings. The van der Waals surface area contributed by atoms with Crippen molar-refractivity contribution in [1.29, 1.82) is 0 Å². The topological polar surface area (TPSA) is 9.23 Å². The van der Waals surface area contributed by atoms with Crippen LogP contribution >= 0.6 is 23.0 Å². The quantitative estimate of drug-likeness (QED) is 0.610. The van der Waals surface area contributed by atoms with Crippen LogP contribution in [-0.2, 0) is 12.8 Å². The maximum absolute atomic E-state index is 5.48. The van der Waals surface area contributed by atoms with Crippen LogP contribution in [0.2, 0.25) is 0 Å². The average molecular weight is 358 g/mol. The predicted molar refractivity (Wildman–Crippen MR) is 85.5 cm³/mol. The Morgan fingerprint density at radius 3 is 2.28 bits per heavy atom. The van der Waals surface area contributed by atoms with Crippen LogP contribution in [-0.4, -0.2) is 0 Å². The zero-order valence-electron chi connectivity index (χ0n) is 11.7. The van der Waals surface area contributed by atoms with Gasteiger partial charge in [-0.25, -0.2) is 0 Å². The second kappa shape index (κ2) is 5.81. The summed E-state index contributed by atoms with van der Waals surface area (Å²) in [5, 5.41) is 0. The number of aryl methyl sites for hydroxylation is 1. The molecule has 1 aromatic rings. The van der Waals surface area contributed by atoms with Crippen LogP contribution in [0.5, 0.6) is 5.75 Å². The monoisotopic (exact) mass is 358 g/mol. The minimum absolute atomic E-state index is 0.596. The summed E-state index contributed by atoms with van der Waals surface area (Å²) in [6, 6.07) is 4.34. The molecular formula is C16H23IO. The third kappa shape index (κ3) is 2.40. The van der Waals surface area contributed by atoms with Crippen LogP contribution in [0, 0.1) is 12.3 Å². The highest BCUT2D eigenvalue weighted by atomic mass is 127. The fourth-order valence-corrected chi connectivity index (χ4v) is 4.00. The van der Waals surface area contributed by atoms with E-state index in [0.29, 0.717) is 5.41 Å². The molecule has 0 unspecified atom stereocenters. The van der Waals surface area contributed by atoms with Gasteiger partial charge in [-0.1, -0.05) is 32.8 Å². The molecule has 0 heterocycles. The predicted octanol–water partition coefficient (Wildman–Crippen LogP) is 5.41. The molecule has 2 aliphatic rings. The van der Waals surface area contributed by atoms with Crippen molar-refractivity contribution in [2.45, 2.75) is 59.3 Å². The molecule has 1 spiro atoms. The minimum atomic E-state index is 0.596. The molecule has 0 aliphatic heterocycles. The molecule has 3 rings (SSSR count). The highest BCUT2D eigenvalue weighted by molar-refractivity contribution is 14.1. The summed E-state index contributed by atoms with van der Waals surface area (Å²) in [5.41, 5.74) is 5.13. The van der Waals surface area contributed by atoms with E-state index in [0.717, 1.165) is 5.75 Å². The first-order chi connectivity index (χ1) is 8.74. The highest BCUT2D eigenvalue weighted by Gasteiger charge is 2.41. The summed E-state index contributed by atoms with van der Waals surface area (Å²) in [7, 11) is 0. The van der Waals surface area contributed by atoms with Gasteiger partial charge in [0.25, 0.3) is 0 Å². The van der Waals surface area contributed by atoms with E-state index in [-0.39, 0.29) is 0 Å². The molecule has 0 radical (unpaired) electrons. The van der Waals surface area contributed by atoms with E-state index >= 15 is 0 Å². The van der Waals surface area contributed by atoms with Gasteiger partial charge in [0.15, 0.2) is 23.0 Å². The largest absolute Gasteiger partial charge is 0.427 e. The summed E-state index contributed by atoms with van der Waals surface area (Å²) >= 11 is 2.01. The van der Waals surface area contributed by atoms with Gasteiger partial charge in [0.05, 0.1) is 0 Å². The van der Waals surface area contributed by atoms with Crippen molar-refractivity contribution < 1.29 is 3.07 Å². The van der Waals surface area contributed by atoms with E-state index in [1.165, 1.54) is 49.7 Å². The lowest BCUT2D eigenvalue weighted by atomic mass is 9.83. The molecule has 1 aromatic carbocycles. The molecule has 0 N–H and O–H groups in total. The number of rotatable bonds is 1. The molecule has 2 heteroatoms. The number of halogens is 1. The van der Waals surface area contributed by atoms with E-state index in [2.05, 4.69) is 19.1 Å². The lowest BCUT2D eigenvalue weighted by Crippen LogP contribution is -2.15. The molecule has 0 bridgehead atoms. The Kier molecular flexibility index (Phi) is 4.57. The minimum Gasteiger partial charge on any atom is -0.427 e. The van der Waals surface area contributed by atoms with Crippen molar-refractivity contribution in [1.82, 2.24) is 0 Å². The Labute approximate surface area is 125 Å². The van der Waals surface area contributed by atoms with E-state index in [4.69, 9.17) is 3.07 Å². The molecule has 0 aromatic heterocycles. The Morgan fingerprint density at radius 2 is 1.67 bits per heavy atom. The molecule has 100 valence electrons. The van der Waals surface area contributed by atoms with Gasteiger partial charge < -0.3 is 3.07 Å². The molecule has 1 saturated carbocycles. The second-order valence-corrected chi connectivity index (χ2v) is 5.92. The fourth-order valence-electron chi connectivity index (χ4n) is 3.59. The Morgan fingerprint density at radius 1 is 1.06 bits per heavy atom. The van der Waals surface area contributed by atoms with Gasteiger partial charge in [0.2, 0.25) is 0 Å². The van der Waals surface area contributed by atoms with Crippen molar-refractivity contribution in [3.8, 4) is 5.75 Å².